The number of amides is 1. The van der Waals surface area contributed by atoms with Gasteiger partial charge in [-0.25, -0.2) is 0 Å². The van der Waals surface area contributed by atoms with Crippen molar-refractivity contribution >= 4 is 11.6 Å². The topological polar surface area (TPSA) is 65.5 Å². The molecule has 7 nitrogen and oxygen atoms in total. The zero-order valence-corrected chi connectivity index (χ0v) is 18.4. The first kappa shape index (κ1) is 20.9. The minimum Gasteiger partial charge on any atom is -0.508 e. The molecule has 7 heteroatoms. The second kappa shape index (κ2) is 9.28. The van der Waals surface area contributed by atoms with Crippen molar-refractivity contribution in [2.45, 2.75) is 25.3 Å². The predicted molar refractivity (Wildman–Crippen MR) is 122 cm³/mol. The molecule has 0 unspecified atom stereocenters. The maximum Gasteiger partial charge on any atom is 0.236 e. The van der Waals surface area contributed by atoms with Crippen LogP contribution < -0.4 is 14.4 Å². The minimum atomic E-state index is 0.205. The average molecular weight is 438 g/mol. The number of anilines is 1. The number of hydrogen-bond acceptors (Lipinski definition) is 6. The number of phenolic OH excluding ortho intramolecular Hbond substituents is 1. The van der Waals surface area contributed by atoms with Gasteiger partial charge < -0.3 is 24.4 Å². The number of benzene rings is 2. The lowest BCUT2D eigenvalue weighted by Gasteiger charge is -2.37. The number of ether oxygens (including phenoxy) is 2. The largest absolute Gasteiger partial charge is 0.508 e. The molecular formula is C25H31N3O4. The SMILES string of the molecule is O=C(CN1CCC[C@@H]1c1ccc2c(c1)OCCCO2)N1CCN(c2ccc(O)cc2)CC1. The van der Waals surface area contributed by atoms with Crippen molar-refractivity contribution in [3.05, 3.63) is 48.0 Å². The smallest absolute Gasteiger partial charge is 0.236 e. The van der Waals surface area contributed by atoms with E-state index in [1.54, 1.807) is 12.1 Å². The van der Waals surface area contributed by atoms with Crippen molar-refractivity contribution in [3.8, 4) is 17.2 Å². The van der Waals surface area contributed by atoms with E-state index in [2.05, 4.69) is 21.9 Å². The molecule has 0 spiro atoms. The van der Waals surface area contributed by atoms with Crippen LogP contribution in [0.1, 0.15) is 30.9 Å². The molecule has 3 heterocycles. The number of rotatable bonds is 4. The number of likely N-dealkylation sites (tertiary alicyclic amines) is 1. The van der Waals surface area contributed by atoms with E-state index in [0.717, 1.165) is 69.2 Å². The molecule has 0 aromatic heterocycles. The summed E-state index contributed by atoms with van der Waals surface area (Å²) in [5, 5.41) is 9.49. The highest BCUT2D eigenvalue weighted by Crippen LogP contribution is 2.37. The van der Waals surface area contributed by atoms with E-state index in [4.69, 9.17) is 9.47 Å². The lowest BCUT2D eigenvalue weighted by Crippen LogP contribution is -2.51. The molecule has 1 N–H and O–H groups in total. The Hall–Kier alpha value is -2.93. The third-order valence-corrected chi connectivity index (χ3v) is 6.71. The van der Waals surface area contributed by atoms with Crippen LogP contribution in [-0.2, 0) is 4.79 Å². The molecule has 2 aromatic rings. The third-order valence-electron chi connectivity index (χ3n) is 6.71. The Morgan fingerprint density at radius 3 is 2.44 bits per heavy atom. The Morgan fingerprint density at radius 1 is 0.906 bits per heavy atom. The number of piperazine rings is 1. The summed E-state index contributed by atoms with van der Waals surface area (Å²) in [5.41, 5.74) is 2.29. The van der Waals surface area contributed by atoms with Gasteiger partial charge in [0.1, 0.15) is 5.75 Å². The fourth-order valence-corrected chi connectivity index (χ4v) is 4.93. The van der Waals surface area contributed by atoms with Crippen LogP contribution >= 0.6 is 0 Å². The van der Waals surface area contributed by atoms with Gasteiger partial charge in [0.25, 0.3) is 0 Å². The van der Waals surface area contributed by atoms with Crippen LogP contribution in [0.4, 0.5) is 5.69 Å². The van der Waals surface area contributed by atoms with Crippen LogP contribution in [0.25, 0.3) is 0 Å². The van der Waals surface area contributed by atoms with Gasteiger partial charge in [0, 0.05) is 44.3 Å². The fraction of sp³-hybridized carbons (Fsp3) is 0.480. The van der Waals surface area contributed by atoms with Crippen LogP contribution in [0.2, 0.25) is 0 Å². The van der Waals surface area contributed by atoms with Gasteiger partial charge in [-0.2, -0.15) is 0 Å². The van der Waals surface area contributed by atoms with E-state index in [1.165, 1.54) is 5.56 Å². The van der Waals surface area contributed by atoms with Crippen LogP contribution in [0.15, 0.2) is 42.5 Å². The van der Waals surface area contributed by atoms with Gasteiger partial charge in [-0.05, 0) is 61.3 Å². The van der Waals surface area contributed by atoms with Gasteiger partial charge >= 0.3 is 0 Å². The average Bonchev–Trinajstić information content (AvgIpc) is 3.15. The van der Waals surface area contributed by atoms with Crippen molar-refractivity contribution < 1.29 is 19.4 Å². The molecule has 3 aliphatic heterocycles. The van der Waals surface area contributed by atoms with Gasteiger partial charge in [0.15, 0.2) is 11.5 Å². The van der Waals surface area contributed by atoms with Crippen molar-refractivity contribution in [2.75, 3.05) is 57.4 Å². The number of carbonyl (C=O) groups is 1. The summed E-state index contributed by atoms with van der Waals surface area (Å²) in [6.45, 7) is 5.83. The van der Waals surface area contributed by atoms with Gasteiger partial charge in [-0.3, -0.25) is 9.69 Å². The Morgan fingerprint density at radius 2 is 1.66 bits per heavy atom. The first-order chi connectivity index (χ1) is 15.7. The quantitative estimate of drug-likeness (QED) is 0.793. The van der Waals surface area contributed by atoms with Crippen molar-refractivity contribution in [1.29, 1.82) is 0 Å². The molecule has 1 amide bonds. The van der Waals surface area contributed by atoms with Crippen LogP contribution in [0.3, 0.4) is 0 Å². The van der Waals surface area contributed by atoms with E-state index >= 15 is 0 Å². The predicted octanol–water partition coefficient (Wildman–Crippen LogP) is 3.04. The third kappa shape index (κ3) is 4.48. The Kier molecular flexibility index (Phi) is 6.08. The number of phenols is 1. The molecule has 0 bridgehead atoms. The monoisotopic (exact) mass is 437 g/mol. The fourth-order valence-electron chi connectivity index (χ4n) is 4.93. The molecule has 2 fully saturated rings. The summed E-state index contributed by atoms with van der Waals surface area (Å²) in [5.74, 6) is 2.12. The summed E-state index contributed by atoms with van der Waals surface area (Å²) in [4.78, 5) is 19.6. The first-order valence-corrected chi connectivity index (χ1v) is 11.6. The van der Waals surface area contributed by atoms with Gasteiger partial charge in [0.2, 0.25) is 5.91 Å². The highest BCUT2D eigenvalue weighted by molar-refractivity contribution is 5.78. The van der Waals surface area contributed by atoms with E-state index in [9.17, 15) is 9.90 Å². The van der Waals surface area contributed by atoms with Gasteiger partial charge in [-0.1, -0.05) is 6.07 Å². The molecule has 170 valence electrons. The summed E-state index contributed by atoms with van der Waals surface area (Å²) in [7, 11) is 0. The molecule has 2 aromatic carbocycles. The molecule has 1 atom stereocenters. The standard InChI is InChI=1S/C25H31N3O4/c29-21-7-5-20(6-8-21)26-11-13-27(14-12-26)25(30)18-28-10-1-3-22(28)19-4-9-23-24(17-19)32-16-2-15-31-23/h4-9,17,22,29H,1-3,10-16,18H2/t22-/m1/s1. The number of aromatic hydroxyl groups is 1. The van der Waals surface area contributed by atoms with Crippen molar-refractivity contribution in [3.63, 3.8) is 0 Å². The number of nitrogens with zero attached hydrogens (tertiary/aromatic N) is 3. The molecule has 0 saturated carbocycles. The van der Waals surface area contributed by atoms with E-state index < -0.39 is 0 Å². The highest BCUT2D eigenvalue weighted by Gasteiger charge is 2.31. The lowest BCUT2D eigenvalue weighted by molar-refractivity contribution is -0.133. The molecule has 0 radical (unpaired) electrons. The van der Waals surface area contributed by atoms with E-state index in [0.29, 0.717) is 19.8 Å². The first-order valence-electron chi connectivity index (χ1n) is 11.6. The second-order valence-electron chi connectivity index (χ2n) is 8.77. The molecule has 5 rings (SSSR count). The highest BCUT2D eigenvalue weighted by atomic mass is 16.5. The molecule has 2 saturated heterocycles. The Bertz CT molecular complexity index is 941. The zero-order valence-electron chi connectivity index (χ0n) is 18.4. The maximum absolute atomic E-state index is 13.1. The van der Waals surface area contributed by atoms with Crippen LogP contribution in [0.5, 0.6) is 17.2 Å². The Labute approximate surface area is 189 Å². The summed E-state index contributed by atoms with van der Waals surface area (Å²) >= 11 is 0. The lowest BCUT2D eigenvalue weighted by atomic mass is 10.0. The number of carbonyl (C=O) groups excluding carboxylic acids is 1. The van der Waals surface area contributed by atoms with E-state index in [-0.39, 0.29) is 17.7 Å². The molecule has 0 aliphatic carbocycles. The zero-order chi connectivity index (χ0) is 21.9. The van der Waals surface area contributed by atoms with Crippen LogP contribution in [0, 0.1) is 0 Å². The summed E-state index contributed by atoms with van der Waals surface area (Å²) < 4.78 is 11.6. The van der Waals surface area contributed by atoms with E-state index in [1.807, 2.05) is 23.1 Å². The maximum atomic E-state index is 13.1. The molecule has 3 aliphatic rings. The summed E-state index contributed by atoms with van der Waals surface area (Å²) in [6.07, 6.45) is 3.05. The van der Waals surface area contributed by atoms with Crippen molar-refractivity contribution in [2.24, 2.45) is 0 Å². The molecular weight excluding hydrogens is 406 g/mol. The number of fused-ring (bicyclic) bond motifs is 1. The molecule has 32 heavy (non-hydrogen) atoms. The van der Waals surface area contributed by atoms with Crippen molar-refractivity contribution in [1.82, 2.24) is 9.80 Å². The van der Waals surface area contributed by atoms with Gasteiger partial charge in [0.05, 0.1) is 19.8 Å². The Balaban J connectivity index is 1.19. The van der Waals surface area contributed by atoms with Gasteiger partial charge in [-0.15, -0.1) is 0 Å². The second-order valence-corrected chi connectivity index (χ2v) is 8.77. The minimum absolute atomic E-state index is 0.205. The summed E-state index contributed by atoms with van der Waals surface area (Å²) in [6, 6.07) is 13.8. The number of hydrogen-bond donors (Lipinski definition) is 1. The normalized spacial score (nSPS) is 21.4. The van der Waals surface area contributed by atoms with Crippen LogP contribution in [-0.4, -0.2) is 73.3 Å².